The molecule has 0 aliphatic heterocycles. The number of methoxy groups -OCH3 is 1. The third-order valence-electron chi connectivity index (χ3n) is 3.60. The first-order valence-electron chi connectivity index (χ1n) is 7.72. The molecule has 0 aliphatic carbocycles. The number of nitrogens with zero attached hydrogens (tertiary/aromatic N) is 4. The first-order valence-corrected chi connectivity index (χ1v) is 8.54. The molecule has 0 bridgehead atoms. The third-order valence-corrected chi connectivity index (χ3v) is 4.50. The summed E-state index contributed by atoms with van der Waals surface area (Å²) in [5.41, 5.74) is 1.06. The van der Waals surface area contributed by atoms with Crippen LogP contribution in [0.25, 0.3) is 4.96 Å². The number of rotatable bonds is 6. The number of para-hydroxylation sites is 1. The topological polar surface area (TPSA) is 81.4 Å². The maximum absolute atomic E-state index is 12.3. The molecule has 0 aliphatic rings. The zero-order chi connectivity index (χ0) is 17.1. The fourth-order valence-electron chi connectivity index (χ4n) is 2.38. The molecule has 2 aromatic heterocycles. The molecule has 0 fully saturated rings. The Labute approximate surface area is 143 Å². The molecule has 0 atom stereocenters. The number of fused-ring (bicyclic) bond motifs is 1. The second-order valence-electron chi connectivity index (χ2n) is 5.63. The van der Waals surface area contributed by atoms with Crippen molar-refractivity contribution < 1.29 is 9.53 Å². The minimum Gasteiger partial charge on any atom is -0.496 e. The summed E-state index contributed by atoms with van der Waals surface area (Å²) in [4.78, 5) is 12.9. The third kappa shape index (κ3) is 3.23. The second kappa shape index (κ2) is 6.96. The summed E-state index contributed by atoms with van der Waals surface area (Å²) in [6, 6.07) is 7.78. The Bertz CT molecular complexity index is 855. The van der Waals surface area contributed by atoms with Crippen molar-refractivity contribution in [3.8, 4) is 5.75 Å². The number of carbonyl (C=O) groups excluding carboxylic acids is 1. The van der Waals surface area contributed by atoms with Crippen molar-refractivity contribution in [1.82, 2.24) is 25.1 Å². The van der Waals surface area contributed by atoms with Crippen molar-refractivity contribution in [2.24, 2.45) is 0 Å². The number of hydrogen-bond donors (Lipinski definition) is 1. The van der Waals surface area contributed by atoms with Gasteiger partial charge in [0.25, 0.3) is 5.91 Å². The zero-order valence-corrected chi connectivity index (χ0v) is 14.6. The zero-order valence-electron chi connectivity index (χ0n) is 13.8. The summed E-state index contributed by atoms with van der Waals surface area (Å²) in [6.45, 7) is 4.54. The van der Waals surface area contributed by atoms with Crippen molar-refractivity contribution in [3.63, 3.8) is 0 Å². The summed E-state index contributed by atoms with van der Waals surface area (Å²) >= 11 is 1.24. The molecule has 1 amide bonds. The first-order chi connectivity index (χ1) is 11.6. The fourth-order valence-corrected chi connectivity index (χ4v) is 3.14. The van der Waals surface area contributed by atoms with Crippen LogP contribution in [0.1, 0.15) is 41.0 Å². The molecule has 126 valence electrons. The molecule has 0 spiro atoms. The molecule has 1 aromatic carbocycles. The molecular formula is C16H19N5O2S. The lowest BCUT2D eigenvalue weighted by Gasteiger charge is -2.08. The number of ether oxygens (including phenoxy) is 1. The van der Waals surface area contributed by atoms with Gasteiger partial charge in [-0.25, -0.2) is 0 Å². The van der Waals surface area contributed by atoms with Gasteiger partial charge in [0.15, 0.2) is 5.82 Å². The maximum Gasteiger partial charge on any atom is 0.282 e. The normalized spacial score (nSPS) is 11.2. The molecule has 0 saturated carbocycles. The molecule has 1 N–H and O–H groups in total. The highest BCUT2D eigenvalue weighted by molar-refractivity contribution is 7.18. The molecule has 0 unspecified atom stereocenters. The number of aromatic nitrogens is 4. The van der Waals surface area contributed by atoms with Crippen molar-refractivity contribution in [3.05, 3.63) is 40.7 Å². The van der Waals surface area contributed by atoms with Gasteiger partial charge >= 0.3 is 0 Å². The number of benzene rings is 1. The minimum absolute atomic E-state index is 0.198. The van der Waals surface area contributed by atoms with Crippen LogP contribution in [0, 0.1) is 0 Å². The lowest BCUT2D eigenvalue weighted by atomic mass is 10.1. The van der Waals surface area contributed by atoms with E-state index in [1.54, 1.807) is 11.6 Å². The summed E-state index contributed by atoms with van der Waals surface area (Å²) in [7, 11) is 1.64. The van der Waals surface area contributed by atoms with E-state index in [0.717, 1.165) is 17.1 Å². The predicted octanol–water partition coefficient (Wildman–Crippen LogP) is 2.29. The average Bonchev–Trinajstić information content (AvgIpc) is 3.15. The van der Waals surface area contributed by atoms with Crippen LogP contribution >= 0.6 is 11.3 Å². The molecule has 8 heteroatoms. The summed E-state index contributed by atoms with van der Waals surface area (Å²) in [5, 5.41) is 15.8. The molecule has 0 radical (unpaired) electrons. The Kier molecular flexibility index (Phi) is 4.75. The van der Waals surface area contributed by atoms with Crippen LogP contribution in [0.3, 0.4) is 0 Å². The van der Waals surface area contributed by atoms with Crippen LogP contribution in [-0.2, 0) is 6.42 Å². The quantitative estimate of drug-likeness (QED) is 0.741. The van der Waals surface area contributed by atoms with Crippen molar-refractivity contribution in [1.29, 1.82) is 0 Å². The highest BCUT2D eigenvalue weighted by atomic mass is 32.1. The molecule has 24 heavy (non-hydrogen) atoms. The highest BCUT2D eigenvalue weighted by Crippen LogP contribution is 2.19. The van der Waals surface area contributed by atoms with Gasteiger partial charge in [-0.1, -0.05) is 43.4 Å². The fraction of sp³-hybridized carbons (Fsp3) is 0.375. The second-order valence-corrected chi connectivity index (χ2v) is 6.59. The highest BCUT2D eigenvalue weighted by Gasteiger charge is 2.18. The lowest BCUT2D eigenvalue weighted by Crippen LogP contribution is -2.25. The smallest absolute Gasteiger partial charge is 0.282 e. The Morgan fingerprint density at radius 1 is 1.33 bits per heavy atom. The Morgan fingerprint density at radius 3 is 2.88 bits per heavy atom. The van der Waals surface area contributed by atoms with E-state index >= 15 is 0 Å². The largest absolute Gasteiger partial charge is 0.496 e. The predicted molar refractivity (Wildman–Crippen MR) is 91.8 cm³/mol. The molecule has 7 nitrogen and oxygen atoms in total. The van der Waals surface area contributed by atoms with Gasteiger partial charge in [0.05, 0.1) is 7.11 Å². The van der Waals surface area contributed by atoms with Crippen LogP contribution in [0.4, 0.5) is 0 Å². The number of hydrogen-bond acceptors (Lipinski definition) is 6. The maximum atomic E-state index is 12.3. The van der Waals surface area contributed by atoms with Crippen molar-refractivity contribution in [2.75, 3.05) is 13.7 Å². The van der Waals surface area contributed by atoms with Gasteiger partial charge in [-0.15, -0.1) is 15.3 Å². The van der Waals surface area contributed by atoms with Gasteiger partial charge in [-0.2, -0.15) is 4.52 Å². The van der Waals surface area contributed by atoms with Gasteiger partial charge < -0.3 is 10.1 Å². The SMILES string of the molecule is COc1ccccc1CCNC(=O)c1nn2c(C(C)C)nnc2s1. The van der Waals surface area contributed by atoms with E-state index in [2.05, 4.69) is 20.6 Å². The van der Waals surface area contributed by atoms with Gasteiger partial charge in [0.2, 0.25) is 9.97 Å². The van der Waals surface area contributed by atoms with Crippen molar-refractivity contribution in [2.45, 2.75) is 26.2 Å². The lowest BCUT2D eigenvalue weighted by molar-refractivity contribution is 0.0952. The van der Waals surface area contributed by atoms with E-state index in [9.17, 15) is 4.79 Å². The van der Waals surface area contributed by atoms with Gasteiger partial charge in [0, 0.05) is 12.5 Å². The van der Waals surface area contributed by atoms with E-state index in [1.165, 1.54) is 11.3 Å². The Balaban J connectivity index is 1.65. The summed E-state index contributed by atoms with van der Waals surface area (Å²) in [5.74, 6) is 1.58. The van der Waals surface area contributed by atoms with Gasteiger partial charge in [0.1, 0.15) is 5.75 Å². The van der Waals surface area contributed by atoms with E-state index < -0.39 is 0 Å². The Hall–Kier alpha value is -2.48. The molecule has 3 rings (SSSR count). The van der Waals surface area contributed by atoms with Gasteiger partial charge in [-0.05, 0) is 18.1 Å². The monoisotopic (exact) mass is 345 g/mol. The minimum atomic E-state index is -0.199. The van der Waals surface area contributed by atoms with E-state index in [4.69, 9.17) is 4.74 Å². The number of carbonyl (C=O) groups is 1. The standard InChI is InChI=1S/C16H19N5O2S/c1-10(2)13-18-19-16-21(13)20-15(24-16)14(22)17-9-8-11-6-4-5-7-12(11)23-3/h4-7,10H,8-9H2,1-3H3,(H,17,22). The van der Waals surface area contributed by atoms with Crippen LogP contribution in [0.15, 0.2) is 24.3 Å². The van der Waals surface area contributed by atoms with Crippen molar-refractivity contribution >= 4 is 22.2 Å². The van der Waals surface area contributed by atoms with Gasteiger partial charge in [-0.3, -0.25) is 4.79 Å². The summed E-state index contributed by atoms with van der Waals surface area (Å²) < 4.78 is 6.95. The van der Waals surface area contributed by atoms with Crippen LogP contribution in [0.5, 0.6) is 5.75 Å². The van der Waals surface area contributed by atoms with Crippen LogP contribution < -0.4 is 10.1 Å². The number of nitrogens with one attached hydrogen (secondary N) is 1. The Morgan fingerprint density at radius 2 is 2.12 bits per heavy atom. The number of amides is 1. The molecule has 2 heterocycles. The van der Waals surface area contributed by atoms with Crippen LogP contribution in [-0.4, -0.2) is 39.4 Å². The van der Waals surface area contributed by atoms with E-state index in [-0.39, 0.29) is 11.8 Å². The van der Waals surface area contributed by atoms with E-state index in [0.29, 0.717) is 22.9 Å². The van der Waals surface area contributed by atoms with E-state index in [1.807, 2.05) is 38.1 Å². The molecule has 0 saturated heterocycles. The average molecular weight is 345 g/mol. The molecule has 3 aromatic rings. The first kappa shape index (κ1) is 16.4. The summed E-state index contributed by atoms with van der Waals surface area (Å²) in [6.07, 6.45) is 0.692. The van der Waals surface area contributed by atoms with Crippen LogP contribution in [0.2, 0.25) is 0 Å². The molecular weight excluding hydrogens is 326 g/mol.